The standard InChI is InChI=1S/C19H27N3O4/c1-2-22(18(24)19(20)8-4-3-5-9-19)13-17(23)21-14-6-7-15-16(12-14)26-11-10-25-15/h6-7,12H,2-5,8-11,13,20H2,1H3,(H,21,23). The summed E-state index contributed by atoms with van der Waals surface area (Å²) in [5, 5.41) is 2.82. The fourth-order valence-electron chi connectivity index (χ4n) is 3.53. The number of nitrogens with zero attached hydrogens (tertiary/aromatic N) is 1. The monoisotopic (exact) mass is 361 g/mol. The van der Waals surface area contributed by atoms with Gasteiger partial charge in [-0.25, -0.2) is 0 Å². The van der Waals surface area contributed by atoms with Crippen LogP contribution < -0.4 is 20.5 Å². The zero-order chi connectivity index (χ0) is 18.6. The highest BCUT2D eigenvalue weighted by Crippen LogP contribution is 2.32. The van der Waals surface area contributed by atoms with Crippen LogP contribution in [0.3, 0.4) is 0 Å². The van der Waals surface area contributed by atoms with E-state index in [0.717, 1.165) is 19.3 Å². The molecule has 1 fully saturated rings. The molecule has 1 heterocycles. The summed E-state index contributed by atoms with van der Waals surface area (Å²) in [4.78, 5) is 26.8. The average molecular weight is 361 g/mol. The predicted molar refractivity (Wildman–Crippen MR) is 98.3 cm³/mol. The number of amides is 2. The molecule has 1 aromatic carbocycles. The van der Waals surface area contributed by atoms with Crippen LogP contribution in [0.4, 0.5) is 5.69 Å². The van der Waals surface area contributed by atoms with Crippen molar-refractivity contribution >= 4 is 17.5 Å². The third-order valence-corrected chi connectivity index (χ3v) is 5.00. The summed E-state index contributed by atoms with van der Waals surface area (Å²) in [7, 11) is 0. The maximum absolute atomic E-state index is 12.8. The fourth-order valence-corrected chi connectivity index (χ4v) is 3.53. The first-order chi connectivity index (χ1) is 12.5. The van der Waals surface area contributed by atoms with E-state index >= 15 is 0 Å². The second-order valence-corrected chi connectivity index (χ2v) is 6.94. The first kappa shape index (κ1) is 18.5. The zero-order valence-corrected chi connectivity index (χ0v) is 15.3. The maximum atomic E-state index is 12.8. The van der Waals surface area contributed by atoms with Gasteiger partial charge in [-0.3, -0.25) is 9.59 Å². The van der Waals surface area contributed by atoms with Crippen LogP contribution in [0.15, 0.2) is 18.2 Å². The lowest BCUT2D eigenvalue weighted by molar-refractivity contribution is -0.140. The molecule has 7 nitrogen and oxygen atoms in total. The summed E-state index contributed by atoms with van der Waals surface area (Å²) in [6.45, 7) is 3.31. The summed E-state index contributed by atoms with van der Waals surface area (Å²) in [5.41, 5.74) is 6.12. The molecule has 3 rings (SSSR count). The number of ether oxygens (including phenoxy) is 2. The molecule has 1 aliphatic heterocycles. The van der Waals surface area contributed by atoms with E-state index in [9.17, 15) is 9.59 Å². The average Bonchev–Trinajstić information content (AvgIpc) is 2.66. The van der Waals surface area contributed by atoms with Crippen LogP contribution in [0.1, 0.15) is 39.0 Å². The lowest BCUT2D eigenvalue weighted by Gasteiger charge is -2.36. The van der Waals surface area contributed by atoms with E-state index in [2.05, 4.69) is 5.32 Å². The number of fused-ring (bicyclic) bond motifs is 1. The molecule has 1 aromatic rings. The van der Waals surface area contributed by atoms with E-state index in [1.807, 2.05) is 6.92 Å². The van der Waals surface area contributed by atoms with Gasteiger partial charge in [0.05, 0.1) is 12.1 Å². The highest BCUT2D eigenvalue weighted by atomic mass is 16.6. The van der Waals surface area contributed by atoms with Crippen LogP contribution in [0, 0.1) is 0 Å². The molecule has 1 saturated carbocycles. The predicted octanol–water partition coefficient (Wildman–Crippen LogP) is 1.91. The van der Waals surface area contributed by atoms with Gasteiger partial charge in [-0.1, -0.05) is 19.3 Å². The van der Waals surface area contributed by atoms with E-state index < -0.39 is 5.54 Å². The van der Waals surface area contributed by atoms with Gasteiger partial charge in [0.1, 0.15) is 13.2 Å². The second kappa shape index (κ2) is 7.95. The van der Waals surface area contributed by atoms with Crippen molar-refractivity contribution in [3.8, 4) is 11.5 Å². The third kappa shape index (κ3) is 4.09. The number of benzene rings is 1. The Kier molecular flexibility index (Phi) is 5.66. The fraction of sp³-hybridized carbons (Fsp3) is 0.579. The van der Waals surface area contributed by atoms with Crippen LogP contribution in [0.5, 0.6) is 11.5 Å². The third-order valence-electron chi connectivity index (χ3n) is 5.00. The molecule has 3 N–H and O–H groups in total. The molecule has 0 aromatic heterocycles. The molecule has 0 atom stereocenters. The molecule has 0 saturated heterocycles. The van der Waals surface area contributed by atoms with Crippen LogP contribution in [0.25, 0.3) is 0 Å². The number of hydrogen-bond donors (Lipinski definition) is 2. The summed E-state index contributed by atoms with van der Waals surface area (Å²) >= 11 is 0. The van der Waals surface area contributed by atoms with Crippen molar-refractivity contribution in [3.05, 3.63) is 18.2 Å². The van der Waals surface area contributed by atoms with E-state index in [4.69, 9.17) is 15.2 Å². The molecule has 2 aliphatic rings. The number of carbonyl (C=O) groups excluding carboxylic acids is 2. The lowest BCUT2D eigenvalue weighted by atomic mass is 9.81. The van der Waals surface area contributed by atoms with Gasteiger partial charge >= 0.3 is 0 Å². The molecule has 26 heavy (non-hydrogen) atoms. The van der Waals surface area contributed by atoms with Crippen molar-refractivity contribution in [2.45, 2.75) is 44.6 Å². The first-order valence-corrected chi connectivity index (χ1v) is 9.29. The van der Waals surface area contributed by atoms with Gasteiger partial charge in [0.15, 0.2) is 11.5 Å². The topological polar surface area (TPSA) is 93.9 Å². The Morgan fingerprint density at radius 3 is 2.54 bits per heavy atom. The lowest BCUT2D eigenvalue weighted by Crippen LogP contribution is -2.57. The van der Waals surface area contributed by atoms with Crippen LogP contribution in [-0.2, 0) is 9.59 Å². The number of likely N-dealkylation sites (N-methyl/N-ethyl adjacent to an activating group) is 1. The molecule has 0 unspecified atom stereocenters. The van der Waals surface area contributed by atoms with Crippen LogP contribution >= 0.6 is 0 Å². The minimum atomic E-state index is -0.828. The second-order valence-electron chi connectivity index (χ2n) is 6.94. The Balaban J connectivity index is 1.61. The molecule has 2 amide bonds. The van der Waals surface area contributed by atoms with Crippen molar-refractivity contribution in [1.82, 2.24) is 4.90 Å². The minimum absolute atomic E-state index is 0.0112. The molecular formula is C19H27N3O4. The van der Waals surface area contributed by atoms with E-state index in [1.54, 1.807) is 23.1 Å². The van der Waals surface area contributed by atoms with Gasteiger partial charge < -0.3 is 25.4 Å². The van der Waals surface area contributed by atoms with E-state index in [-0.39, 0.29) is 18.4 Å². The largest absolute Gasteiger partial charge is 0.486 e. The van der Waals surface area contributed by atoms with Crippen molar-refractivity contribution in [2.75, 3.05) is 31.6 Å². The summed E-state index contributed by atoms with van der Waals surface area (Å²) < 4.78 is 11.0. The summed E-state index contributed by atoms with van der Waals surface area (Å²) in [6.07, 6.45) is 4.41. The van der Waals surface area contributed by atoms with Crippen LogP contribution in [0.2, 0.25) is 0 Å². The minimum Gasteiger partial charge on any atom is -0.486 e. The van der Waals surface area contributed by atoms with Gasteiger partial charge in [0.25, 0.3) is 0 Å². The highest BCUT2D eigenvalue weighted by Gasteiger charge is 2.38. The molecule has 0 bridgehead atoms. The van der Waals surface area contributed by atoms with Gasteiger partial charge in [0.2, 0.25) is 11.8 Å². The van der Waals surface area contributed by atoms with Gasteiger partial charge in [-0.15, -0.1) is 0 Å². The molecule has 1 aliphatic carbocycles. The Morgan fingerprint density at radius 2 is 1.85 bits per heavy atom. The summed E-state index contributed by atoms with van der Waals surface area (Å²) in [6, 6.07) is 5.26. The van der Waals surface area contributed by atoms with Crippen molar-refractivity contribution in [1.29, 1.82) is 0 Å². The van der Waals surface area contributed by atoms with Crippen molar-refractivity contribution in [2.24, 2.45) is 5.73 Å². The Labute approximate surface area is 153 Å². The number of nitrogens with two attached hydrogens (primary N) is 1. The maximum Gasteiger partial charge on any atom is 0.243 e. The Morgan fingerprint density at radius 1 is 1.15 bits per heavy atom. The molecule has 7 heteroatoms. The quantitative estimate of drug-likeness (QED) is 0.835. The van der Waals surface area contributed by atoms with Crippen molar-refractivity contribution in [3.63, 3.8) is 0 Å². The van der Waals surface area contributed by atoms with E-state index in [1.165, 1.54) is 0 Å². The van der Waals surface area contributed by atoms with Crippen LogP contribution in [-0.4, -0.2) is 48.6 Å². The van der Waals surface area contributed by atoms with Crippen molar-refractivity contribution < 1.29 is 19.1 Å². The Bertz CT molecular complexity index is 671. The Hall–Kier alpha value is -2.28. The molecule has 0 radical (unpaired) electrons. The summed E-state index contributed by atoms with van der Waals surface area (Å²) in [5.74, 6) is 0.899. The van der Waals surface area contributed by atoms with E-state index in [0.29, 0.717) is 49.8 Å². The van der Waals surface area contributed by atoms with Gasteiger partial charge in [-0.05, 0) is 31.9 Å². The zero-order valence-electron chi connectivity index (χ0n) is 15.3. The number of nitrogens with one attached hydrogen (secondary N) is 1. The first-order valence-electron chi connectivity index (χ1n) is 9.29. The number of carbonyl (C=O) groups is 2. The van der Waals surface area contributed by atoms with Gasteiger partial charge in [-0.2, -0.15) is 0 Å². The molecular weight excluding hydrogens is 334 g/mol. The normalized spacial score (nSPS) is 18.1. The number of hydrogen-bond acceptors (Lipinski definition) is 5. The number of anilines is 1. The number of rotatable bonds is 5. The highest BCUT2D eigenvalue weighted by molar-refractivity contribution is 5.96. The SMILES string of the molecule is CCN(CC(=O)Nc1ccc2c(c1)OCCO2)C(=O)C1(N)CCCCC1. The smallest absolute Gasteiger partial charge is 0.243 e. The molecule has 0 spiro atoms. The molecule has 142 valence electrons. The van der Waals surface area contributed by atoms with Gasteiger partial charge in [0, 0.05) is 18.3 Å².